The van der Waals surface area contributed by atoms with Crippen LogP contribution in [0.2, 0.25) is 0 Å². The van der Waals surface area contributed by atoms with Gasteiger partial charge in [0.05, 0.1) is 5.52 Å². The van der Waals surface area contributed by atoms with Crippen molar-refractivity contribution in [3.05, 3.63) is 30.5 Å². The lowest BCUT2D eigenvalue weighted by Gasteiger charge is -2.36. The van der Waals surface area contributed by atoms with Gasteiger partial charge in [0.1, 0.15) is 12.0 Å². The van der Waals surface area contributed by atoms with Crippen LogP contribution < -0.4 is 4.90 Å². The normalized spacial score (nSPS) is 22.9. The average molecular weight is 270 g/mol. The van der Waals surface area contributed by atoms with Crippen molar-refractivity contribution in [3.8, 4) is 5.75 Å². The Kier molecular flexibility index (Phi) is 3.30. The van der Waals surface area contributed by atoms with Gasteiger partial charge in [0, 0.05) is 42.3 Å². The van der Waals surface area contributed by atoms with Gasteiger partial charge in [-0.3, -0.25) is 4.98 Å². The Bertz CT molecular complexity index is 641. The molecule has 1 N–H and O–H groups in total. The lowest BCUT2D eigenvalue weighted by atomic mass is 9.88. The van der Waals surface area contributed by atoms with E-state index in [2.05, 4.69) is 16.8 Å². The number of pyridine rings is 1. The number of phenolic OH excluding ortho intramolecular Hbond substituents is 1. The van der Waals surface area contributed by atoms with Crippen molar-refractivity contribution in [2.24, 2.45) is 11.8 Å². The van der Waals surface area contributed by atoms with Crippen molar-refractivity contribution in [2.45, 2.75) is 13.3 Å². The molecule has 1 aromatic heterocycles. The van der Waals surface area contributed by atoms with Crippen molar-refractivity contribution in [3.63, 3.8) is 0 Å². The highest BCUT2D eigenvalue weighted by Crippen LogP contribution is 2.32. The molecule has 1 aromatic carbocycles. The van der Waals surface area contributed by atoms with Crippen LogP contribution >= 0.6 is 0 Å². The van der Waals surface area contributed by atoms with Gasteiger partial charge in [-0.15, -0.1) is 0 Å². The van der Waals surface area contributed by atoms with Gasteiger partial charge in [0.2, 0.25) is 0 Å². The molecule has 1 aliphatic rings. The maximum atomic E-state index is 11.0. The summed E-state index contributed by atoms with van der Waals surface area (Å²) < 4.78 is 0. The maximum absolute atomic E-state index is 11.0. The van der Waals surface area contributed by atoms with E-state index in [1.165, 1.54) is 0 Å². The van der Waals surface area contributed by atoms with Gasteiger partial charge in [-0.2, -0.15) is 0 Å². The number of aromatic nitrogens is 1. The van der Waals surface area contributed by atoms with Crippen LogP contribution in [-0.2, 0) is 4.79 Å². The highest BCUT2D eigenvalue weighted by Gasteiger charge is 2.26. The molecule has 4 heteroatoms. The van der Waals surface area contributed by atoms with E-state index >= 15 is 0 Å². The van der Waals surface area contributed by atoms with Crippen LogP contribution in [0, 0.1) is 11.8 Å². The quantitative estimate of drug-likeness (QED) is 0.852. The number of rotatable bonds is 2. The summed E-state index contributed by atoms with van der Waals surface area (Å²) in [5, 5.41) is 10.6. The van der Waals surface area contributed by atoms with Gasteiger partial charge in [-0.1, -0.05) is 6.92 Å². The van der Waals surface area contributed by atoms with Crippen molar-refractivity contribution >= 4 is 22.9 Å². The molecule has 0 saturated carbocycles. The molecule has 0 aliphatic carbocycles. The third kappa shape index (κ3) is 2.22. The molecule has 3 rings (SSSR count). The number of benzene rings is 1. The minimum atomic E-state index is 0.170. The molecule has 2 heterocycles. The number of nitrogens with zero attached hydrogens (tertiary/aromatic N) is 2. The van der Waals surface area contributed by atoms with E-state index in [4.69, 9.17) is 0 Å². The molecular weight excluding hydrogens is 252 g/mol. The minimum Gasteiger partial charge on any atom is -0.508 e. The van der Waals surface area contributed by atoms with Crippen molar-refractivity contribution in [1.82, 2.24) is 4.98 Å². The average Bonchev–Trinajstić information content (AvgIpc) is 2.46. The van der Waals surface area contributed by atoms with Crippen molar-refractivity contribution < 1.29 is 9.90 Å². The topological polar surface area (TPSA) is 53.4 Å². The Morgan fingerprint density at radius 3 is 3.00 bits per heavy atom. The summed E-state index contributed by atoms with van der Waals surface area (Å²) in [6.45, 7) is 3.89. The smallest absolute Gasteiger partial charge is 0.123 e. The lowest BCUT2D eigenvalue weighted by Crippen LogP contribution is -2.40. The number of piperidine rings is 1. The summed E-state index contributed by atoms with van der Waals surface area (Å²) >= 11 is 0. The molecule has 2 atom stereocenters. The van der Waals surface area contributed by atoms with Crippen molar-refractivity contribution in [1.29, 1.82) is 0 Å². The molecule has 2 unspecified atom stereocenters. The maximum Gasteiger partial charge on any atom is 0.123 e. The Hall–Kier alpha value is -2.10. The Labute approximate surface area is 118 Å². The zero-order valence-corrected chi connectivity index (χ0v) is 11.5. The predicted octanol–water partition coefficient (Wildman–Crippen LogP) is 2.60. The second-order valence-electron chi connectivity index (χ2n) is 5.54. The van der Waals surface area contributed by atoms with E-state index in [-0.39, 0.29) is 11.7 Å². The number of anilines is 1. The molecule has 1 aliphatic heterocycles. The molecule has 2 aromatic rings. The standard InChI is InChI=1S/C16H18N2O2/c1-11-9-18(7-5-12(11)10-19)16-4-6-17-15-8-13(20)2-3-14(15)16/h2-4,6,8,10-12,20H,5,7,9H2,1H3. The SMILES string of the molecule is CC1CN(c2ccnc3cc(O)ccc23)CCC1C=O. The molecule has 4 nitrogen and oxygen atoms in total. The number of carbonyl (C=O) groups is 1. The highest BCUT2D eigenvalue weighted by molar-refractivity contribution is 5.92. The van der Waals surface area contributed by atoms with E-state index in [1.54, 1.807) is 18.3 Å². The molecule has 0 radical (unpaired) electrons. The number of aromatic hydroxyl groups is 1. The van der Waals surface area contributed by atoms with E-state index in [0.717, 1.165) is 42.4 Å². The number of aldehydes is 1. The van der Waals surface area contributed by atoms with Crippen LogP contribution in [0.25, 0.3) is 10.9 Å². The monoisotopic (exact) mass is 270 g/mol. The molecular formula is C16H18N2O2. The Morgan fingerprint density at radius 1 is 1.40 bits per heavy atom. The largest absolute Gasteiger partial charge is 0.508 e. The number of carbonyl (C=O) groups excluding carboxylic acids is 1. The zero-order valence-electron chi connectivity index (χ0n) is 11.5. The fourth-order valence-electron chi connectivity index (χ4n) is 2.98. The summed E-state index contributed by atoms with van der Waals surface area (Å²) in [6, 6.07) is 7.28. The predicted molar refractivity (Wildman–Crippen MR) is 79.0 cm³/mol. The molecule has 0 bridgehead atoms. The first-order chi connectivity index (χ1) is 9.69. The minimum absolute atomic E-state index is 0.170. The van der Waals surface area contributed by atoms with Gasteiger partial charge >= 0.3 is 0 Å². The molecule has 20 heavy (non-hydrogen) atoms. The number of fused-ring (bicyclic) bond motifs is 1. The summed E-state index contributed by atoms with van der Waals surface area (Å²) in [6.07, 6.45) is 3.75. The van der Waals surface area contributed by atoms with E-state index in [0.29, 0.717) is 5.92 Å². The van der Waals surface area contributed by atoms with Gasteiger partial charge < -0.3 is 14.8 Å². The number of hydrogen-bond acceptors (Lipinski definition) is 4. The summed E-state index contributed by atoms with van der Waals surface area (Å²) in [4.78, 5) is 17.6. The first-order valence-corrected chi connectivity index (χ1v) is 6.97. The van der Waals surface area contributed by atoms with E-state index < -0.39 is 0 Å². The molecule has 104 valence electrons. The third-order valence-electron chi connectivity index (χ3n) is 4.19. The third-order valence-corrected chi connectivity index (χ3v) is 4.19. The second-order valence-corrected chi connectivity index (χ2v) is 5.54. The van der Waals surface area contributed by atoms with Crippen molar-refractivity contribution in [2.75, 3.05) is 18.0 Å². The van der Waals surface area contributed by atoms with Crippen LogP contribution in [0.5, 0.6) is 5.75 Å². The van der Waals surface area contributed by atoms with Crippen LogP contribution in [-0.4, -0.2) is 29.5 Å². The van der Waals surface area contributed by atoms with Gasteiger partial charge in [0.15, 0.2) is 0 Å². The number of phenols is 1. The Balaban J connectivity index is 1.97. The van der Waals surface area contributed by atoms with E-state index in [9.17, 15) is 9.90 Å². The molecule has 0 spiro atoms. The fourth-order valence-corrected chi connectivity index (χ4v) is 2.98. The summed E-state index contributed by atoms with van der Waals surface area (Å²) in [7, 11) is 0. The van der Waals surface area contributed by atoms with E-state index in [1.807, 2.05) is 12.1 Å². The van der Waals surface area contributed by atoms with Gasteiger partial charge in [-0.25, -0.2) is 0 Å². The Morgan fingerprint density at radius 2 is 2.25 bits per heavy atom. The van der Waals surface area contributed by atoms with Crippen LogP contribution in [0.15, 0.2) is 30.5 Å². The van der Waals surface area contributed by atoms with Crippen LogP contribution in [0.4, 0.5) is 5.69 Å². The zero-order chi connectivity index (χ0) is 14.1. The first-order valence-electron chi connectivity index (χ1n) is 6.97. The molecule has 0 amide bonds. The van der Waals surface area contributed by atoms with Crippen LogP contribution in [0.1, 0.15) is 13.3 Å². The molecule has 1 saturated heterocycles. The highest BCUT2D eigenvalue weighted by atomic mass is 16.3. The summed E-state index contributed by atoms with van der Waals surface area (Å²) in [5.74, 6) is 0.764. The first kappa shape index (κ1) is 12.9. The number of hydrogen-bond donors (Lipinski definition) is 1. The lowest BCUT2D eigenvalue weighted by molar-refractivity contribution is -0.112. The molecule has 1 fully saturated rings. The second kappa shape index (κ2) is 5.12. The van der Waals surface area contributed by atoms with Crippen LogP contribution in [0.3, 0.4) is 0 Å². The fraction of sp³-hybridized carbons (Fsp3) is 0.375. The van der Waals surface area contributed by atoms with Gasteiger partial charge in [0.25, 0.3) is 0 Å². The van der Waals surface area contributed by atoms with Gasteiger partial charge in [-0.05, 0) is 30.5 Å². The summed E-state index contributed by atoms with van der Waals surface area (Å²) in [5.41, 5.74) is 1.93.